The Morgan fingerprint density at radius 3 is 2.80 bits per heavy atom. The van der Waals surface area contributed by atoms with Crippen LogP contribution < -0.4 is 5.32 Å². The predicted octanol–water partition coefficient (Wildman–Crippen LogP) is 2.77. The van der Waals surface area contributed by atoms with Gasteiger partial charge in [-0.05, 0) is 37.5 Å². The molecule has 3 nitrogen and oxygen atoms in total. The van der Waals surface area contributed by atoms with Crippen LogP contribution in [-0.4, -0.2) is 23.5 Å². The molecule has 20 heavy (non-hydrogen) atoms. The van der Waals surface area contributed by atoms with Gasteiger partial charge in [-0.3, -0.25) is 4.79 Å². The molecule has 0 aromatic heterocycles. The molecule has 1 fully saturated rings. The van der Waals surface area contributed by atoms with Crippen molar-refractivity contribution in [3.05, 3.63) is 35.9 Å². The van der Waals surface area contributed by atoms with Gasteiger partial charge in [0, 0.05) is 11.3 Å². The summed E-state index contributed by atoms with van der Waals surface area (Å²) in [6.07, 6.45) is 5.81. The number of benzene rings is 1. The van der Waals surface area contributed by atoms with Crippen LogP contribution in [-0.2, 0) is 11.2 Å². The van der Waals surface area contributed by atoms with Crippen LogP contribution in [0.25, 0.3) is 0 Å². The largest absolute Gasteiger partial charge is 0.352 e. The van der Waals surface area contributed by atoms with Gasteiger partial charge in [0.15, 0.2) is 0 Å². The van der Waals surface area contributed by atoms with Crippen LogP contribution in [0.4, 0.5) is 0 Å². The van der Waals surface area contributed by atoms with E-state index in [1.54, 1.807) is 0 Å². The van der Waals surface area contributed by atoms with Crippen molar-refractivity contribution < 1.29 is 4.79 Å². The van der Waals surface area contributed by atoms with Crippen LogP contribution in [0, 0.1) is 17.2 Å². The van der Waals surface area contributed by atoms with Gasteiger partial charge in [0.2, 0.25) is 5.91 Å². The average Bonchev–Trinajstić information content (AvgIpc) is 2.93. The fourth-order valence-electron chi connectivity index (χ4n) is 2.63. The molecule has 1 aliphatic carbocycles. The van der Waals surface area contributed by atoms with E-state index in [-0.39, 0.29) is 11.9 Å². The summed E-state index contributed by atoms with van der Waals surface area (Å²) in [5, 5.41) is 12.9. The third kappa shape index (κ3) is 4.01. The Morgan fingerprint density at radius 1 is 1.45 bits per heavy atom. The Balaban J connectivity index is 1.88. The van der Waals surface area contributed by atoms with Gasteiger partial charge in [-0.15, -0.1) is 0 Å². The van der Waals surface area contributed by atoms with Crippen LogP contribution in [0.2, 0.25) is 0 Å². The molecular weight excluding hydrogens is 268 g/mol. The second kappa shape index (κ2) is 7.35. The molecule has 4 heteroatoms. The van der Waals surface area contributed by atoms with Crippen LogP contribution in [0.15, 0.2) is 30.3 Å². The highest BCUT2D eigenvalue weighted by molar-refractivity contribution is 7.99. The number of carbonyl (C=O) groups is 1. The molecule has 3 unspecified atom stereocenters. The quantitative estimate of drug-likeness (QED) is 0.906. The minimum absolute atomic E-state index is 0.122. The van der Waals surface area contributed by atoms with E-state index >= 15 is 0 Å². The summed E-state index contributed by atoms with van der Waals surface area (Å²) >= 11 is 1.86. The highest BCUT2D eigenvalue weighted by Gasteiger charge is 2.27. The zero-order valence-corrected chi connectivity index (χ0v) is 12.5. The highest BCUT2D eigenvalue weighted by atomic mass is 32.2. The number of amides is 1. The lowest BCUT2D eigenvalue weighted by atomic mass is 9.99. The first kappa shape index (κ1) is 14.9. The molecule has 0 bridgehead atoms. The molecule has 106 valence electrons. The highest BCUT2D eigenvalue weighted by Crippen LogP contribution is 2.28. The Morgan fingerprint density at radius 2 is 2.20 bits per heavy atom. The van der Waals surface area contributed by atoms with Crippen LogP contribution in [0.1, 0.15) is 24.8 Å². The number of nitriles is 1. The monoisotopic (exact) mass is 288 g/mol. The normalized spacial score (nSPS) is 23.0. The zero-order valence-electron chi connectivity index (χ0n) is 11.7. The summed E-state index contributed by atoms with van der Waals surface area (Å²) in [6.45, 7) is 0. The van der Waals surface area contributed by atoms with E-state index in [0.717, 1.165) is 24.8 Å². The van der Waals surface area contributed by atoms with E-state index in [1.807, 2.05) is 42.1 Å². The number of nitrogens with zero attached hydrogens (tertiary/aromatic N) is 1. The van der Waals surface area contributed by atoms with Crippen molar-refractivity contribution in [1.82, 2.24) is 5.32 Å². The Hall–Kier alpha value is -1.47. The maximum Gasteiger partial charge on any atom is 0.237 e. The van der Waals surface area contributed by atoms with Gasteiger partial charge in [0.05, 0.1) is 6.07 Å². The van der Waals surface area contributed by atoms with E-state index in [1.165, 1.54) is 0 Å². The minimum atomic E-state index is -0.592. The summed E-state index contributed by atoms with van der Waals surface area (Å²) in [5.74, 6) is -0.714. The smallest absolute Gasteiger partial charge is 0.237 e. The molecule has 1 amide bonds. The van der Waals surface area contributed by atoms with Crippen molar-refractivity contribution in [3.8, 4) is 6.07 Å². The van der Waals surface area contributed by atoms with E-state index in [0.29, 0.717) is 11.7 Å². The molecule has 3 atom stereocenters. The summed E-state index contributed by atoms with van der Waals surface area (Å²) in [4.78, 5) is 12.2. The number of thioether (sulfide) groups is 1. The van der Waals surface area contributed by atoms with Gasteiger partial charge in [-0.1, -0.05) is 30.3 Å². The molecule has 0 radical (unpaired) electrons. The molecule has 1 aromatic carbocycles. The number of hydrogen-bond acceptors (Lipinski definition) is 3. The first-order valence-corrected chi connectivity index (χ1v) is 8.28. The lowest BCUT2D eigenvalue weighted by Crippen LogP contribution is -2.38. The topological polar surface area (TPSA) is 52.9 Å². The average molecular weight is 288 g/mol. The number of carbonyl (C=O) groups excluding carboxylic acids is 1. The first-order chi connectivity index (χ1) is 9.72. The molecule has 1 aromatic rings. The van der Waals surface area contributed by atoms with Gasteiger partial charge >= 0.3 is 0 Å². The Bertz CT molecular complexity index is 483. The van der Waals surface area contributed by atoms with Gasteiger partial charge in [-0.2, -0.15) is 17.0 Å². The molecular formula is C16H20N2OS. The summed E-state index contributed by atoms with van der Waals surface area (Å²) in [5.41, 5.74) is 1.03. The van der Waals surface area contributed by atoms with Crippen LogP contribution in [0.3, 0.4) is 0 Å². The van der Waals surface area contributed by atoms with Crippen molar-refractivity contribution >= 4 is 17.7 Å². The molecule has 2 rings (SSSR count). The maximum atomic E-state index is 12.2. The Kier molecular flexibility index (Phi) is 5.49. The van der Waals surface area contributed by atoms with Gasteiger partial charge in [0.1, 0.15) is 5.92 Å². The molecule has 1 N–H and O–H groups in total. The van der Waals surface area contributed by atoms with E-state index in [4.69, 9.17) is 0 Å². The van der Waals surface area contributed by atoms with Gasteiger partial charge in [-0.25, -0.2) is 0 Å². The fourth-order valence-corrected chi connectivity index (χ4v) is 3.43. The summed E-state index contributed by atoms with van der Waals surface area (Å²) in [7, 11) is 0. The molecule has 0 heterocycles. The van der Waals surface area contributed by atoms with Gasteiger partial charge < -0.3 is 5.32 Å². The second-order valence-corrected chi connectivity index (χ2v) is 6.39. The third-order valence-corrected chi connectivity index (χ3v) is 4.91. The van der Waals surface area contributed by atoms with Crippen molar-refractivity contribution in [2.75, 3.05) is 6.26 Å². The third-order valence-electron chi connectivity index (χ3n) is 3.82. The van der Waals surface area contributed by atoms with Crippen LogP contribution >= 0.6 is 11.8 Å². The summed E-state index contributed by atoms with van der Waals surface area (Å²) < 4.78 is 0. The van der Waals surface area contributed by atoms with Gasteiger partial charge in [0.25, 0.3) is 0 Å². The first-order valence-electron chi connectivity index (χ1n) is 6.99. The Labute approximate surface area is 124 Å². The lowest BCUT2D eigenvalue weighted by molar-refractivity contribution is -0.124. The molecule has 0 spiro atoms. The van der Waals surface area contributed by atoms with Crippen molar-refractivity contribution in [2.45, 2.75) is 37.0 Å². The fraction of sp³-hybridized carbons (Fsp3) is 0.500. The SMILES string of the molecule is CSC1CCC(NC(=O)C(C#N)Cc2ccccc2)C1. The van der Waals surface area contributed by atoms with E-state index < -0.39 is 5.92 Å². The van der Waals surface area contributed by atoms with E-state index in [2.05, 4.69) is 17.6 Å². The maximum absolute atomic E-state index is 12.2. The number of nitrogens with one attached hydrogen (secondary N) is 1. The van der Waals surface area contributed by atoms with Crippen molar-refractivity contribution in [2.24, 2.45) is 5.92 Å². The zero-order chi connectivity index (χ0) is 14.4. The summed E-state index contributed by atoms with van der Waals surface area (Å²) in [6, 6.07) is 12.1. The predicted molar refractivity (Wildman–Crippen MR) is 82.3 cm³/mol. The van der Waals surface area contributed by atoms with Crippen LogP contribution in [0.5, 0.6) is 0 Å². The number of hydrogen-bond donors (Lipinski definition) is 1. The molecule has 1 saturated carbocycles. The second-order valence-electron chi connectivity index (χ2n) is 5.25. The minimum Gasteiger partial charge on any atom is -0.352 e. The molecule has 1 aliphatic rings. The van der Waals surface area contributed by atoms with Crippen molar-refractivity contribution in [1.29, 1.82) is 5.26 Å². The lowest BCUT2D eigenvalue weighted by Gasteiger charge is -2.15. The molecule has 0 saturated heterocycles. The van der Waals surface area contributed by atoms with Crippen molar-refractivity contribution in [3.63, 3.8) is 0 Å². The molecule has 0 aliphatic heterocycles. The number of rotatable bonds is 5. The van der Waals surface area contributed by atoms with E-state index in [9.17, 15) is 10.1 Å². The standard InChI is InChI=1S/C16H20N2OS/c1-20-15-8-7-14(10-15)18-16(19)13(11-17)9-12-5-3-2-4-6-12/h2-6,13-15H,7-10H2,1H3,(H,18,19).